The van der Waals surface area contributed by atoms with Gasteiger partial charge in [-0.1, -0.05) is 16.8 Å². The van der Waals surface area contributed by atoms with Crippen LogP contribution < -0.4 is 9.30 Å². The molecule has 1 aromatic heterocycles. The van der Waals surface area contributed by atoms with Gasteiger partial charge in [-0.25, -0.2) is 4.57 Å². The monoisotopic (exact) mass is 429 g/mol. The summed E-state index contributed by atoms with van der Waals surface area (Å²) in [4.78, 5) is 13.9. The van der Waals surface area contributed by atoms with Gasteiger partial charge in [0.15, 0.2) is 0 Å². The van der Waals surface area contributed by atoms with Crippen LogP contribution in [0.1, 0.15) is 12.5 Å². The lowest BCUT2D eigenvalue weighted by Crippen LogP contribution is -2.27. The highest BCUT2D eigenvalue weighted by Crippen LogP contribution is 2.24. The summed E-state index contributed by atoms with van der Waals surface area (Å²) in [5.74, 6) is -0.374. The van der Waals surface area contributed by atoms with Crippen LogP contribution in [0.4, 0.5) is 13.2 Å². The normalized spacial score (nSPS) is 11.7. The molecule has 0 saturated carbocycles. The number of azide groups is 1. The van der Waals surface area contributed by atoms with Gasteiger partial charge in [0, 0.05) is 4.91 Å². The predicted octanol–water partition coefficient (Wildman–Crippen LogP) is 4.50. The molecule has 0 aliphatic rings. The summed E-state index contributed by atoms with van der Waals surface area (Å²) in [7, 11) is 1.79. The topological polar surface area (TPSA) is 96.8 Å². The maximum Gasteiger partial charge on any atom is 0.573 e. The van der Waals surface area contributed by atoms with Gasteiger partial charge in [-0.15, -0.1) is 13.2 Å². The molecule has 8 nitrogen and oxygen atoms in total. The second kappa shape index (κ2) is 8.72. The molecule has 3 rings (SSSR count). The summed E-state index contributed by atoms with van der Waals surface area (Å²) < 4.78 is 44.1. The lowest BCUT2D eigenvalue weighted by molar-refractivity contribution is -0.661. The Morgan fingerprint density at radius 3 is 2.42 bits per heavy atom. The molecule has 0 unspecified atom stereocenters. The van der Waals surface area contributed by atoms with E-state index in [1.54, 1.807) is 37.0 Å². The van der Waals surface area contributed by atoms with Gasteiger partial charge < -0.3 is 4.74 Å². The van der Waals surface area contributed by atoms with E-state index < -0.39 is 12.3 Å². The standard InChI is InChI=1S/C20H16F3N6O2/c1-13(11-18(30)25-27-24)14-3-5-15(6-4-14)19-26-29(12-28(19)2)16-7-9-17(10-8-16)31-20(21,22)23/h3-12H,1-2H3/q+1. The number of alkyl halides is 3. The Hall–Kier alpha value is -4.11. The molecule has 1 heterocycles. The minimum atomic E-state index is -4.75. The predicted molar refractivity (Wildman–Crippen MR) is 105 cm³/mol. The van der Waals surface area contributed by atoms with Gasteiger partial charge in [-0.3, -0.25) is 4.79 Å². The molecule has 31 heavy (non-hydrogen) atoms. The van der Waals surface area contributed by atoms with Crippen molar-refractivity contribution in [2.75, 3.05) is 0 Å². The van der Waals surface area contributed by atoms with Crippen LogP contribution in [0.25, 0.3) is 33.1 Å². The SMILES string of the molecule is CC(=CC(=O)N=[N+]=[N-])c1ccc(-c2nn(-c3ccc(OC(F)(F)F)cc3)c[n+]2C)cc1. The maximum atomic E-state index is 12.3. The number of benzene rings is 2. The molecule has 0 aliphatic carbocycles. The maximum absolute atomic E-state index is 12.3. The van der Waals surface area contributed by atoms with E-state index in [1.807, 2.05) is 12.1 Å². The van der Waals surface area contributed by atoms with E-state index in [-0.39, 0.29) is 5.75 Å². The molecule has 0 N–H and O–H groups in total. The van der Waals surface area contributed by atoms with Crippen molar-refractivity contribution in [3.63, 3.8) is 0 Å². The van der Waals surface area contributed by atoms with Crippen molar-refractivity contribution in [2.45, 2.75) is 13.3 Å². The zero-order valence-electron chi connectivity index (χ0n) is 16.4. The molecule has 0 saturated heterocycles. The second-order valence-electron chi connectivity index (χ2n) is 6.47. The molecule has 0 fully saturated rings. The fourth-order valence-corrected chi connectivity index (χ4v) is 2.83. The van der Waals surface area contributed by atoms with Crippen molar-refractivity contribution in [1.82, 2.24) is 9.78 Å². The van der Waals surface area contributed by atoms with Gasteiger partial charge in [-0.05, 0) is 71.2 Å². The highest BCUT2D eigenvalue weighted by molar-refractivity contribution is 5.95. The number of amides is 1. The molecule has 0 bridgehead atoms. The molecule has 0 radical (unpaired) electrons. The lowest BCUT2D eigenvalue weighted by Gasteiger charge is -2.08. The Morgan fingerprint density at radius 1 is 1.19 bits per heavy atom. The zero-order valence-corrected chi connectivity index (χ0v) is 16.4. The fourth-order valence-electron chi connectivity index (χ4n) is 2.83. The number of aromatic nitrogens is 3. The molecular weight excluding hydrogens is 413 g/mol. The largest absolute Gasteiger partial charge is 0.573 e. The molecule has 0 atom stereocenters. The first-order valence-electron chi connectivity index (χ1n) is 8.86. The number of halogens is 3. The van der Waals surface area contributed by atoms with Gasteiger partial charge in [0.2, 0.25) is 12.2 Å². The van der Waals surface area contributed by atoms with Crippen molar-refractivity contribution < 1.29 is 27.3 Å². The first-order valence-corrected chi connectivity index (χ1v) is 8.86. The summed E-state index contributed by atoms with van der Waals surface area (Å²) in [6.07, 6.45) is -1.81. The average Bonchev–Trinajstić information content (AvgIpc) is 3.09. The number of rotatable bonds is 5. The summed E-state index contributed by atoms with van der Waals surface area (Å²) >= 11 is 0. The Balaban J connectivity index is 1.82. The van der Waals surface area contributed by atoms with E-state index in [0.29, 0.717) is 17.1 Å². The molecule has 0 aliphatic heterocycles. The Morgan fingerprint density at radius 2 is 1.84 bits per heavy atom. The fraction of sp³-hybridized carbons (Fsp3) is 0.150. The average molecular weight is 429 g/mol. The van der Waals surface area contributed by atoms with Crippen LogP contribution in [0, 0.1) is 0 Å². The van der Waals surface area contributed by atoms with E-state index in [1.165, 1.54) is 35.0 Å². The molecule has 11 heteroatoms. The van der Waals surface area contributed by atoms with E-state index in [9.17, 15) is 18.0 Å². The molecule has 2 aromatic carbocycles. The molecule has 3 aromatic rings. The number of hydrogen-bond donors (Lipinski definition) is 0. The third kappa shape index (κ3) is 5.49. The number of carbonyl (C=O) groups is 1. The highest BCUT2D eigenvalue weighted by Gasteiger charge is 2.31. The second-order valence-corrected chi connectivity index (χ2v) is 6.47. The number of carbonyl (C=O) groups excluding carboxylic acids is 1. The van der Waals surface area contributed by atoms with Gasteiger partial charge in [-0.2, -0.15) is 0 Å². The summed E-state index contributed by atoms with van der Waals surface area (Å²) in [5.41, 5.74) is 11.1. The van der Waals surface area contributed by atoms with Crippen LogP contribution in [-0.2, 0) is 11.8 Å². The first kappa shape index (κ1) is 21.6. The minimum absolute atomic E-state index is 0.314. The Bertz CT molecular complexity index is 1180. The van der Waals surface area contributed by atoms with Crippen LogP contribution in [0.5, 0.6) is 5.75 Å². The van der Waals surface area contributed by atoms with E-state index in [0.717, 1.165) is 11.1 Å². The van der Waals surface area contributed by atoms with Crippen LogP contribution in [0.3, 0.4) is 0 Å². The quantitative estimate of drug-likeness (QED) is 0.196. The van der Waals surface area contributed by atoms with Crippen molar-refractivity contribution in [3.8, 4) is 22.8 Å². The van der Waals surface area contributed by atoms with Gasteiger partial charge in [0.25, 0.3) is 0 Å². The Kier molecular flexibility index (Phi) is 6.07. The lowest BCUT2D eigenvalue weighted by atomic mass is 10.0. The van der Waals surface area contributed by atoms with E-state index in [2.05, 4.69) is 19.9 Å². The van der Waals surface area contributed by atoms with Crippen molar-refractivity contribution in [1.29, 1.82) is 0 Å². The third-order valence-electron chi connectivity index (χ3n) is 4.24. The smallest absolute Gasteiger partial charge is 0.406 e. The highest BCUT2D eigenvalue weighted by atomic mass is 19.4. The summed E-state index contributed by atoms with van der Waals surface area (Å²) in [6, 6.07) is 12.6. The number of aryl methyl sites for hydroxylation is 1. The summed E-state index contributed by atoms with van der Waals surface area (Å²) in [6.45, 7) is 1.72. The summed E-state index contributed by atoms with van der Waals surface area (Å²) in [5, 5.41) is 7.50. The number of hydrogen-bond acceptors (Lipinski definition) is 3. The van der Waals surface area contributed by atoms with Crippen LogP contribution in [0.15, 0.2) is 66.0 Å². The molecule has 158 valence electrons. The van der Waals surface area contributed by atoms with Crippen molar-refractivity contribution in [3.05, 3.63) is 76.9 Å². The number of allylic oxidation sites excluding steroid dienone is 1. The molecular formula is C20H16F3N6O2+. The minimum Gasteiger partial charge on any atom is -0.406 e. The number of ether oxygens (including phenoxy) is 1. The number of nitrogens with zero attached hydrogens (tertiary/aromatic N) is 6. The van der Waals surface area contributed by atoms with E-state index >= 15 is 0 Å². The Labute approximate surface area is 174 Å². The molecule has 1 amide bonds. The van der Waals surface area contributed by atoms with Crippen LogP contribution in [-0.4, -0.2) is 22.1 Å². The van der Waals surface area contributed by atoms with Crippen molar-refractivity contribution in [2.24, 2.45) is 12.2 Å². The van der Waals surface area contributed by atoms with Gasteiger partial charge >= 0.3 is 12.2 Å². The third-order valence-corrected chi connectivity index (χ3v) is 4.24. The van der Waals surface area contributed by atoms with Gasteiger partial charge in [0.05, 0.1) is 17.7 Å². The first-order chi connectivity index (χ1) is 14.7. The van der Waals surface area contributed by atoms with E-state index in [4.69, 9.17) is 5.53 Å². The van der Waals surface area contributed by atoms with Crippen LogP contribution >= 0.6 is 0 Å². The van der Waals surface area contributed by atoms with Gasteiger partial charge in [0.1, 0.15) is 11.4 Å². The molecule has 0 spiro atoms. The van der Waals surface area contributed by atoms with Crippen molar-refractivity contribution >= 4 is 11.5 Å². The van der Waals surface area contributed by atoms with Crippen LogP contribution in [0.2, 0.25) is 0 Å². The zero-order chi connectivity index (χ0) is 22.6.